The van der Waals surface area contributed by atoms with E-state index in [0.717, 1.165) is 11.3 Å². The van der Waals surface area contributed by atoms with E-state index in [1.165, 1.54) is 0 Å². The van der Waals surface area contributed by atoms with Gasteiger partial charge >= 0.3 is 11.9 Å². The molecule has 1 aliphatic carbocycles. The van der Waals surface area contributed by atoms with Crippen LogP contribution in [0.15, 0.2) is 11.1 Å². The Bertz CT molecular complexity index is 838. The van der Waals surface area contributed by atoms with Gasteiger partial charge in [0.25, 0.3) is 0 Å². The highest BCUT2D eigenvalue weighted by Gasteiger charge is 2.36. The van der Waals surface area contributed by atoms with Crippen LogP contribution in [0.5, 0.6) is 0 Å². The van der Waals surface area contributed by atoms with Crippen LogP contribution in [0, 0.1) is 5.13 Å². The quantitative estimate of drug-likeness (QED) is 0.423. The topological polar surface area (TPSA) is 105 Å². The number of halogens is 2. The average Bonchev–Trinajstić information content (AvgIpc) is 2.97. The van der Waals surface area contributed by atoms with Crippen LogP contribution < -0.4 is 5.73 Å². The Hall–Kier alpha value is -1.97. The summed E-state index contributed by atoms with van der Waals surface area (Å²) in [6.07, 6.45) is 1.03. The second-order valence-electron chi connectivity index (χ2n) is 6.54. The summed E-state index contributed by atoms with van der Waals surface area (Å²) >= 11 is 7.10. The zero-order valence-corrected chi connectivity index (χ0v) is 18.5. The summed E-state index contributed by atoms with van der Waals surface area (Å²) < 4.78 is 30.0. The highest BCUT2D eigenvalue weighted by Crippen LogP contribution is 2.45. The number of carbonyl (C=O) groups excluding carboxylic acids is 3. The van der Waals surface area contributed by atoms with Crippen LogP contribution in [0.4, 0.5) is 4.39 Å². The molecule has 2 N–H and O–H groups in total. The van der Waals surface area contributed by atoms with E-state index in [1.807, 2.05) is 6.92 Å². The highest BCUT2D eigenvalue weighted by atomic mass is 35.5. The minimum Gasteiger partial charge on any atom is -0.466 e. The van der Waals surface area contributed by atoms with Crippen molar-refractivity contribution < 1.29 is 33.0 Å². The minimum atomic E-state index is -0.829. The van der Waals surface area contributed by atoms with Crippen molar-refractivity contribution >= 4 is 40.8 Å². The molecule has 30 heavy (non-hydrogen) atoms. The van der Waals surface area contributed by atoms with Crippen molar-refractivity contribution in [3.05, 3.63) is 31.7 Å². The predicted molar refractivity (Wildman–Crippen MR) is 110 cm³/mol. The van der Waals surface area contributed by atoms with Gasteiger partial charge in [-0.1, -0.05) is 11.6 Å². The number of esters is 2. The molecule has 0 saturated heterocycles. The van der Waals surface area contributed by atoms with Crippen molar-refractivity contribution in [3.63, 3.8) is 0 Å². The Morgan fingerprint density at radius 3 is 2.57 bits per heavy atom. The molecule has 1 aromatic rings. The van der Waals surface area contributed by atoms with Gasteiger partial charge < -0.3 is 19.9 Å². The van der Waals surface area contributed by atoms with Crippen molar-refractivity contribution in [1.29, 1.82) is 0 Å². The van der Waals surface area contributed by atoms with Crippen molar-refractivity contribution in [2.24, 2.45) is 5.73 Å². The molecule has 166 valence electrons. The summed E-state index contributed by atoms with van der Waals surface area (Å²) in [7, 11) is 0. The molecule has 0 bridgehead atoms. The fraction of sp³-hybridized carbons (Fsp3) is 0.550. The molecule has 1 atom stereocenters. The fourth-order valence-corrected chi connectivity index (χ4v) is 4.82. The van der Waals surface area contributed by atoms with Crippen molar-refractivity contribution in [1.82, 2.24) is 0 Å². The van der Waals surface area contributed by atoms with E-state index in [9.17, 15) is 18.8 Å². The molecule has 0 aliphatic heterocycles. The summed E-state index contributed by atoms with van der Waals surface area (Å²) in [6.45, 7) is 4.43. The second-order valence-corrected chi connectivity index (χ2v) is 7.98. The summed E-state index contributed by atoms with van der Waals surface area (Å²) in [5, 5.41) is -0.561. The van der Waals surface area contributed by atoms with Gasteiger partial charge in [0, 0.05) is 34.1 Å². The van der Waals surface area contributed by atoms with Crippen LogP contribution in [-0.4, -0.2) is 44.3 Å². The first kappa shape index (κ1) is 24.3. The van der Waals surface area contributed by atoms with Crippen molar-refractivity contribution in [2.75, 3.05) is 26.4 Å². The summed E-state index contributed by atoms with van der Waals surface area (Å²) in [6, 6.07) is 0. The van der Waals surface area contributed by atoms with Gasteiger partial charge in [-0.2, -0.15) is 4.39 Å². The standard InChI is InChI=1S/C20H25ClFNO6S/c1-3-27-8-9-29-20(26)12-7-5-6-11(15(12)19(23)25)16-17(21)13(30-18(16)22)10-14(24)28-4-2/h11H,3-10H2,1-2H3,(H2,23,25). The van der Waals surface area contributed by atoms with Gasteiger partial charge in [0.2, 0.25) is 5.91 Å². The molecule has 1 heterocycles. The predicted octanol–water partition coefficient (Wildman–Crippen LogP) is 3.28. The first-order valence-electron chi connectivity index (χ1n) is 9.71. The average molecular weight is 462 g/mol. The first-order valence-corrected chi connectivity index (χ1v) is 10.9. The number of thiophene rings is 1. The van der Waals surface area contributed by atoms with Gasteiger partial charge in [-0.15, -0.1) is 11.3 Å². The first-order chi connectivity index (χ1) is 14.3. The molecule has 1 amide bonds. The maximum Gasteiger partial charge on any atom is 0.334 e. The van der Waals surface area contributed by atoms with Gasteiger partial charge in [-0.3, -0.25) is 9.59 Å². The third kappa shape index (κ3) is 5.80. The van der Waals surface area contributed by atoms with Gasteiger partial charge in [-0.25, -0.2) is 4.79 Å². The van der Waals surface area contributed by atoms with Crippen LogP contribution in [0.3, 0.4) is 0 Å². The van der Waals surface area contributed by atoms with E-state index in [0.29, 0.717) is 30.7 Å². The number of amides is 1. The number of carbonyl (C=O) groups is 3. The molecule has 1 aliphatic rings. The Morgan fingerprint density at radius 1 is 1.20 bits per heavy atom. The normalized spacial score (nSPS) is 16.5. The van der Waals surface area contributed by atoms with Gasteiger partial charge in [0.1, 0.15) is 6.61 Å². The molecule has 1 aromatic heterocycles. The molecule has 2 rings (SSSR count). The van der Waals surface area contributed by atoms with Gasteiger partial charge in [-0.05, 0) is 33.1 Å². The zero-order valence-electron chi connectivity index (χ0n) is 16.9. The Morgan fingerprint density at radius 2 is 1.93 bits per heavy atom. The lowest BCUT2D eigenvalue weighted by molar-refractivity contribution is -0.142. The highest BCUT2D eigenvalue weighted by molar-refractivity contribution is 7.11. The Labute approximate surface area is 183 Å². The van der Waals surface area contributed by atoms with Crippen molar-refractivity contribution in [2.45, 2.75) is 45.4 Å². The van der Waals surface area contributed by atoms with Gasteiger partial charge in [0.05, 0.1) is 24.7 Å². The maximum atomic E-state index is 14.8. The zero-order chi connectivity index (χ0) is 22.3. The lowest BCUT2D eigenvalue weighted by Gasteiger charge is -2.26. The Balaban J connectivity index is 2.35. The van der Waals surface area contributed by atoms with Crippen LogP contribution in [0.2, 0.25) is 5.02 Å². The van der Waals surface area contributed by atoms with E-state index in [4.69, 9.17) is 31.5 Å². The molecule has 0 aromatic carbocycles. The SMILES string of the molecule is CCOCCOC(=O)C1=C(C(N)=O)C(c2c(F)sc(CC(=O)OCC)c2Cl)CCC1. The molecule has 7 nitrogen and oxygen atoms in total. The summed E-state index contributed by atoms with van der Waals surface area (Å²) in [5.41, 5.74) is 5.77. The minimum absolute atomic E-state index is 0.00365. The van der Waals surface area contributed by atoms with Crippen LogP contribution in [-0.2, 0) is 35.0 Å². The third-order valence-electron chi connectivity index (χ3n) is 4.63. The molecule has 0 saturated carbocycles. The number of rotatable bonds is 10. The molecular formula is C20H25ClFNO6S. The van der Waals surface area contributed by atoms with Crippen molar-refractivity contribution in [3.8, 4) is 0 Å². The lowest BCUT2D eigenvalue weighted by Crippen LogP contribution is -2.28. The summed E-state index contributed by atoms with van der Waals surface area (Å²) in [4.78, 5) is 36.8. The second kappa shape index (κ2) is 11.4. The van der Waals surface area contributed by atoms with E-state index in [2.05, 4.69) is 0 Å². The van der Waals surface area contributed by atoms with E-state index in [-0.39, 0.29) is 48.0 Å². The van der Waals surface area contributed by atoms with Crippen LogP contribution in [0.1, 0.15) is 49.5 Å². The summed E-state index contributed by atoms with van der Waals surface area (Å²) in [5.74, 6) is -2.82. The molecule has 10 heteroatoms. The largest absolute Gasteiger partial charge is 0.466 e. The number of ether oxygens (including phenoxy) is 3. The monoisotopic (exact) mass is 461 g/mol. The molecule has 0 fully saturated rings. The molecule has 1 unspecified atom stereocenters. The smallest absolute Gasteiger partial charge is 0.334 e. The Kier molecular flexibility index (Phi) is 9.26. The number of hydrogen-bond acceptors (Lipinski definition) is 7. The van der Waals surface area contributed by atoms with Gasteiger partial charge in [0.15, 0.2) is 5.13 Å². The third-order valence-corrected chi connectivity index (χ3v) is 6.17. The van der Waals surface area contributed by atoms with E-state index >= 15 is 0 Å². The number of hydrogen-bond donors (Lipinski definition) is 1. The molecule has 0 radical (unpaired) electrons. The van der Waals surface area contributed by atoms with Crippen LogP contribution >= 0.6 is 22.9 Å². The molecule has 0 spiro atoms. The number of nitrogens with two attached hydrogens (primary N) is 1. The number of primary amides is 1. The fourth-order valence-electron chi connectivity index (χ4n) is 3.41. The van der Waals surface area contributed by atoms with E-state index in [1.54, 1.807) is 6.92 Å². The maximum absolute atomic E-state index is 14.8. The van der Waals surface area contributed by atoms with E-state index < -0.39 is 28.9 Å². The van der Waals surface area contributed by atoms with Crippen LogP contribution in [0.25, 0.3) is 0 Å². The lowest BCUT2D eigenvalue weighted by atomic mass is 9.79. The molecular weight excluding hydrogens is 437 g/mol.